The Morgan fingerprint density at radius 1 is 1.06 bits per heavy atom. The number of rotatable bonds is 0. The fourth-order valence-corrected chi connectivity index (χ4v) is 2.37. The molecule has 80 valence electrons. The Kier molecular flexibility index (Phi) is 2.04. The molecule has 0 saturated heterocycles. The van der Waals surface area contributed by atoms with Crippen molar-refractivity contribution >= 4 is 16.6 Å². The molecule has 0 amide bonds. The monoisotopic (exact) mass is 212 g/mol. The van der Waals surface area contributed by atoms with Gasteiger partial charge in [-0.05, 0) is 28.8 Å². The van der Waals surface area contributed by atoms with Crippen molar-refractivity contribution in [2.75, 3.05) is 0 Å². The highest BCUT2D eigenvalue weighted by atomic mass is 16.3. The van der Waals surface area contributed by atoms with Gasteiger partial charge in [0, 0.05) is 12.0 Å². The molecule has 0 radical (unpaired) electrons. The maximum Gasteiger partial charge on any atom is 0.165 e. The van der Waals surface area contributed by atoms with Crippen LogP contribution < -0.4 is 0 Å². The van der Waals surface area contributed by atoms with Crippen LogP contribution in [0.5, 0.6) is 0 Å². The topological polar surface area (TPSA) is 37.3 Å². The highest BCUT2D eigenvalue weighted by molar-refractivity contribution is 6.02. The molecule has 2 heteroatoms. The van der Waals surface area contributed by atoms with Crippen LogP contribution in [0.3, 0.4) is 0 Å². The van der Waals surface area contributed by atoms with Crippen molar-refractivity contribution in [1.82, 2.24) is 0 Å². The normalized spacial score (nSPS) is 19.8. The molecule has 0 aliphatic heterocycles. The Balaban J connectivity index is 2.26. The van der Waals surface area contributed by atoms with Crippen LogP contribution in [0, 0.1) is 0 Å². The van der Waals surface area contributed by atoms with Crippen LogP contribution in [0.1, 0.15) is 22.3 Å². The van der Waals surface area contributed by atoms with Crippen LogP contribution in [0.15, 0.2) is 36.4 Å². The Morgan fingerprint density at radius 2 is 1.75 bits per heavy atom. The quantitative estimate of drug-likeness (QED) is 0.727. The maximum absolute atomic E-state index is 11.8. The van der Waals surface area contributed by atoms with Gasteiger partial charge in [0.2, 0.25) is 0 Å². The summed E-state index contributed by atoms with van der Waals surface area (Å²) in [6.45, 7) is 0. The zero-order chi connectivity index (χ0) is 11.1. The number of carbonyl (C=O) groups excluding carboxylic acids is 1. The van der Waals surface area contributed by atoms with Gasteiger partial charge in [-0.3, -0.25) is 4.79 Å². The van der Waals surface area contributed by atoms with Gasteiger partial charge in [-0.1, -0.05) is 30.3 Å². The number of benzene rings is 2. The van der Waals surface area contributed by atoms with Gasteiger partial charge in [-0.15, -0.1) is 0 Å². The summed E-state index contributed by atoms with van der Waals surface area (Å²) in [5.41, 5.74) is 1.76. The number of hydrogen-bond donors (Lipinski definition) is 1. The summed E-state index contributed by atoms with van der Waals surface area (Å²) in [6.07, 6.45) is 0.332. The standard InChI is InChI=1S/C14H12O2/c15-12-6-11-5-9-3-1-2-4-10(9)7-13(11)14(16)8-12/h1-5,7,12,15H,6,8H2. The molecule has 0 saturated carbocycles. The smallest absolute Gasteiger partial charge is 0.165 e. The van der Waals surface area contributed by atoms with E-state index in [1.54, 1.807) is 0 Å². The second kappa shape index (κ2) is 3.42. The summed E-state index contributed by atoms with van der Waals surface area (Å²) < 4.78 is 0. The van der Waals surface area contributed by atoms with E-state index in [4.69, 9.17) is 0 Å². The molecule has 0 bridgehead atoms. The molecule has 3 rings (SSSR count). The first-order valence-electron chi connectivity index (χ1n) is 5.47. The van der Waals surface area contributed by atoms with E-state index in [-0.39, 0.29) is 12.2 Å². The zero-order valence-electron chi connectivity index (χ0n) is 8.81. The number of Topliss-reactive ketones (excluding diaryl/α,β-unsaturated/α-hetero) is 1. The van der Waals surface area contributed by atoms with E-state index in [1.807, 2.05) is 36.4 Å². The van der Waals surface area contributed by atoms with Gasteiger partial charge in [0.15, 0.2) is 5.78 Å². The lowest BCUT2D eigenvalue weighted by Crippen LogP contribution is -2.23. The van der Waals surface area contributed by atoms with Crippen molar-refractivity contribution in [3.05, 3.63) is 47.5 Å². The van der Waals surface area contributed by atoms with Crippen LogP contribution >= 0.6 is 0 Å². The molecule has 1 unspecified atom stereocenters. The van der Waals surface area contributed by atoms with Gasteiger partial charge in [-0.2, -0.15) is 0 Å². The van der Waals surface area contributed by atoms with E-state index in [9.17, 15) is 9.90 Å². The third-order valence-corrected chi connectivity index (χ3v) is 3.15. The number of fused-ring (bicyclic) bond motifs is 2. The second-order valence-corrected chi connectivity index (χ2v) is 4.34. The highest BCUT2D eigenvalue weighted by Gasteiger charge is 2.23. The van der Waals surface area contributed by atoms with Crippen LogP contribution in [0.25, 0.3) is 10.8 Å². The molecule has 1 N–H and O–H groups in total. The summed E-state index contributed by atoms with van der Waals surface area (Å²) >= 11 is 0. The van der Waals surface area contributed by atoms with E-state index >= 15 is 0 Å². The van der Waals surface area contributed by atoms with E-state index in [0.717, 1.165) is 21.9 Å². The van der Waals surface area contributed by atoms with Crippen molar-refractivity contribution in [2.24, 2.45) is 0 Å². The second-order valence-electron chi connectivity index (χ2n) is 4.34. The SMILES string of the molecule is O=C1CC(O)Cc2cc3ccccc3cc21. The number of ketones is 1. The van der Waals surface area contributed by atoms with Crippen molar-refractivity contribution < 1.29 is 9.90 Å². The molecule has 2 aromatic carbocycles. The largest absolute Gasteiger partial charge is 0.392 e. The van der Waals surface area contributed by atoms with E-state index in [0.29, 0.717) is 6.42 Å². The zero-order valence-corrected chi connectivity index (χ0v) is 8.81. The summed E-state index contributed by atoms with van der Waals surface area (Å²) in [5.74, 6) is 0.0551. The summed E-state index contributed by atoms with van der Waals surface area (Å²) in [6, 6.07) is 11.9. The van der Waals surface area contributed by atoms with E-state index < -0.39 is 6.10 Å². The summed E-state index contributed by atoms with van der Waals surface area (Å²) in [5, 5.41) is 11.8. The van der Waals surface area contributed by atoms with Gasteiger partial charge in [0.05, 0.1) is 6.10 Å². The molecule has 2 nitrogen and oxygen atoms in total. The van der Waals surface area contributed by atoms with E-state index in [1.165, 1.54) is 0 Å². The van der Waals surface area contributed by atoms with Crippen LogP contribution in [0.4, 0.5) is 0 Å². The van der Waals surface area contributed by atoms with Crippen molar-refractivity contribution in [3.63, 3.8) is 0 Å². The first-order chi connectivity index (χ1) is 7.74. The average molecular weight is 212 g/mol. The lowest BCUT2D eigenvalue weighted by Gasteiger charge is -2.20. The number of hydrogen-bond acceptors (Lipinski definition) is 2. The van der Waals surface area contributed by atoms with Crippen molar-refractivity contribution in [3.8, 4) is 0 Å². The van der Waals surface area contributed by atoms with Crippen LogP contribution in [-0.4, -0.2) is 17.0 Å². The van der Waals surface area contributed by atoms with Gasteiger partial charge in [0.25, 0.3) is 0 Å². The minimum absolute atomic E-state index is 0.0551. The lowest BCUT2D eigenvalue weighted by molar-refractivity contribution is 0.0853. The molecule has 1 atom stereocenters. The molecule has 1 aliphatic rings. The Bertz CT molecular complexity index is 572. The van der Waals surface area contributed by atoms with Crippen molar-refractivity contribution in [1.29, 1.82) is 0 Å². The summed E-state index contributed by atoms with van der Waals surface area (Å²) in [7, 11) is 0. The molecule has 16 heavy (non-hydrogen) atoms. The Morgan fingerprint density at radius 3 is 2.50 bits per heavy atom. The van der Waals surface area contributed by atoms with Gasteiger partial charge >= 0.3 is 0 Å². The Labute approximate surface area is 93.5 Å². The number of aliphatic hydroxyl groups excluding tert-OH is 1. The minimum atomic E-state index is -0.513. The first-order valence-corrected chi connectivity index (χ1v) is 5.47. The highest BCUT2D eigenvalue weighted by Crippen LogP contribution is 2.26. The molecule has 0 fully saturated rings. The van der Waals surface area contributed by atoms with Gasteiger partial charge in [-0.25, -0.2) is 0 Å². The number of aliphatic hydroxyl groups is 1. The predicted molar refractivity (Wildman–Crippen MR) is 62.6 cm³/mol. The fourth-order valence-electron chi connectivity index (χ4n) is 2.37. The van der Waals surface area contributed by atoms with Crippen LogP contribution in [0.2, 0.25) is 0 Å². The minimum Gasteiger partial charge on any atom is -0.392 e. The van der Waals surface area contributed by atoms with Crippen LogP contribution in [-0.2, 0) is 6.42 Å². The molecule has 0 heterocycles. The van der Waals surface area contributed by atoms with E-state index in [2.05, 4.69) is 0 Å². The molecule has 2 aromatic rings. The van der Waals surface area contributed by atoms with Crippen molar-refractivity contribution in [2.45, 2.75) is 18.9 Å². The Hall–Kier alpha value is -1.67. The lowest BCUT2D eigenvalue weighted by atomic mass is 9.87. The van der Waals surface area contributed by atoms with Gasteiger partial charge in [0.1, 0.15) is 0 Å². The van der Waals surface area contributed by atoms with Gasteiger partial charge < -0.3 is 5.11 Å². The third kappa shape index (κ3) is 1.42. The molecule has 0 spiro atoms. The first kappa shape index (κ1) is 9.55. The molecular formula is C14H12O2. The number of carbonyl (C=O) groups is 1. The maximum atomic E-state index is 11.8. The molecular weight excluding hydrogens is 200 g/mol. The molecule has 0 aromatic heterocycles. The molecule has 1 aliphatic carbocycles. The predicted octanol–water partition coefficient (Wildman–Crippen LogP) is 2.33. The third-order valence-electron chi connectivity index (χ3n) is 3.15. The summed E-state index contributed by atoms with van der Waals surface area (Å²) in [4.78, 5) is 11.8. The average Bonchev–Trinajstić information content (AvgIpc) is 2.27. The fraction of sp³-hybridized carbons (Fsp3) is 0.214.